The maximum Gasteiger partial charge on any atom is 0.321 e. The summed E-state index contributed by atoms with van der Waals surface area (Å²) in [5.41, 5.74) is 3.60. The van der Waals surface area contributed by atoms with Crippen molar-refractivity contribution in [3.63, 3.8) is 0 Å². The van der Waals surface area contributed by atoms with Crippen molar-refractivity contribution >= 4 is 17.5 Å². The highest BCUT2D eigenvalue weighted by Crippen LogP contribution is 2.32. The van der Waals surface area contributed by atoms with Crippen LogP contribution in [0, 0.1) is 0 Å². The molecule has 0 atom stereocenters. The maximum atomic E-state index is 12.6. The Morgan fingerprint density at radius 2 is 1.70 bits per heavy atom. The van der Waals surface area contributed by atoms with Gasteiger partial charge in [-0.25, -0.2) is 4.79 Å². The first-order valence-electron chi connectivity index (χ1n) is 11.1. The molecule has 172 valence electrons. The van der Waals surface area contributed by atoms with Crippen molar-refractivity contribution in [3.8, 4) is 22.8 Å². The SMILES string of the molecule is CCc1ccc(NC(=O)N2CCN(c3ccc(-c4cc(OC)ccc4OC)nn3)CC2)cc1. The zero-order valence-corrected chi connectivity index (χ0v) is 19.2. The topological polar surface area (TPSA) is 79.8 Å². The van der Waals surface area contributed by atoms with Crippen molar-refractivity contribution in [1.29, 1.82) is 0 Å². The van der Waals surface area contributed by atoms with E-state index in [9.17, 15) is 4.79 Å². The summed E-state index contributed by atoms with van der Waals surface area (Å²) in [6.45, 7) is 4.73. The number of aromatic nitrogens is 2. The van der Waals surface area contributed by atoms with E-state index in [0.717, 1.165) is 29.2 Å². The fourth-order valence-corrected chi connectivity index (χ4v) is 3.82. The molecule has 0 saturated carbocycles. The van der Waals surface area contributed by atoms with Gasteiger partial charge in [-0.15, -0.1) is 10.2 Å². The van der Waals surface area contributed by atoms with E-state index in [1.54, 1.807) is 14.2 Å². The number of hydrogen-bond acceptors (Lipinski definition) is 6. The third kappa shape index (κ3) is 5.16. The highest BCUT2D eigenvalue weighted by Gasteiger charge is 2.22. The number of anilines is 2. The molecule has 0 spiro atoms. The summed E-state index contributed by atoms with van der Waals surface area (Å²) in [4.78, 5) is 16.6. The lowest BCUT2D eigenvalue weighted by Crippen LogP contribution is -2.50. The predicted octanol–water partition coefficient (Wildman–Crippen LogP) is 4.08. The van der Waals surface area contributed by atoms with E-state index in [1.165, 1.54) is 5.56 Å². The highest BCUT2D eigenvalue weighted by atomic mass is 16.5. The number of methoxy groups -OCH3 is 2. The molecule has 1 N–H and O–H groups in total. The molecule has 33 heavy (non-hydrogen) atoms. The highest BCUT2D eigenvalue weighted by molar-refractivity contribution is 5.89. The summed E-state index contributed by atoms with van der Waals surface area (Å²) in [5.74, 6) is 2.23. The van der Waals surface area contributed by atoms with E-state index in [4.69, 9.17) is 9.47 Å². The van der Waals surface area contributed by atoms with Crippen molar-refractivity contribution in [2.45, 2.75) is 13.3 Å². The number of nitrogens with zero attached hydrogens (tertiary/aromatic N) is 4. The number of hydrogen-bond donors (Lipinski definition) is 1. The van der Waals surface area contributed by atoms with Crippen LogP contribution in [0.5, 0.6) is 11.5 Å². The van der Waals surface area contributed by atoms with Gasteiger partial charge in [-0.2, -0.15) is 0 Å². The van der Waals surface area contributed by atoms with Crippen LogP contribution in [0.15, 0.2) is 54.6 Å². The lowest BCUT2D eigenvalue weighted by atomic mass is 10.1. The van der Waals surface area contributed by atoms with Gasteiger partial charge in [0.1, 0.15) is 11.5 Å². The fraction of sp³-hybridized carbons (Fsp3) is 0.320. The van der Waals surface area contributed by atoms with Gasteiger partial charge in [0.25, 0.3) is 0 Å². The first kappa shape index (κ1) is 22.4. The molecule has 0 aliphatic carbocycles. The maximum absolute atomic E-state index is 12.6. The molecule has 1 fully saturated rings. The third-order valence-corrected chi connectivity index (χ3v) is 5.84. The second-order valence-corrected chi connectivity index (χ2v) is 7.80. The molecule has 0 unspecified atom stereocenters. The molecule has 1 aliphatic heterocycles. The van der Waals surface area contributed by atoms with E-state index in [2.05, 4.69) is 27.3 Å². The fourth-order valence-electron chi connectivity index (χ4n) is 3.82. The van der Waals surface area contributed by atoms with Crippen LogP contribution in [0.1, 0.15) is 12.5 Å². The molecule has 3 aromatic rings. The number of carbonyl (C=O) groups excluding carboxylic acids is 1. The minimum Gasteiger partial charge on any atom is -0.497 e. The number of nitrogens with one attached hydrogen (secondary N) is 1. The number of rotatable bonds is 6. The Morgan fingerprint density at radius 3 is 2.30 bits per heavy atom. The summed E-state index contributed by atoms with van der Waals surface area (Å²) in [5, 5.41) is 11.8. The molecule has 2 amide bonds. The van der Waals surface area contributed by atoms with Crippen molar-refractivity contribution in [3.05, 3.63) is 60.2 Å². The Kier molecular flexibility index (Phi) is 6.92. The Balaban J connectivity index is 1.36. The van der Waals surface area contributed by atoms with Gasteiger partial charge in [-0.1, -0.05) is 19.1 Å². The number of amides is 2. The first-order valence-corrected chi connectivity index (χ1v) is 11.1. The summed E-state index contributed by atoms with van der Waals surface area (Å²) in [6.07, 6.45) is 0.979. The largest absolute Gasteiger partial charge is 0.497 e. The molecular weight excluding hydrogens is 418 g/mol. The van der Waals surface area contributed by atoms with E-state index < -0.39 is 0 Å². The number of aryl methyl sites for hydroxylation is 1. The van der Waals surface area contributed by atoms with Crippen LogP contribution in [0.25, 0.3) is 11.3 Å². The summed E-state index contributed by atoms with van der Waals surface area (Å²) in [6, 6.07) is 17.4. The second kappa shape index (κ2) is 10.2. The lowest BCUT2D eigenvalue weighted by molar-refractivity contribution is 0.208. The molecule has 0 bridgehead atoms. The second-order valence-electron chi connectivity index (χ2n) is 7.80. The average molecular weight is 448 g/mol. The zero-order chi connectivity index (χ0) is 23.2. The van der Waals surface area contributed by atoms with Crippen LogP contribution in [0.4, 0.5) is 16.3 Å². The van der Waals surface area contributed by atoms with Crippen molar-refractivity contribution < 1.29 is 14.3 Å². The molecule has 4 rings (SSSR count). The Bertz CT molecular complexity index is 1080. The minimum absolute atomic E-state index is 0.0783. The zero-order valence-electron chi connectivity index (χ0n) is 19.2. The van der Waals surface area contributed by atoms with Crippen molar-refractivity contribution in [2.75, 3.05) is 50.6 Å². The quantitative estimate of drug-likeness (QED) is 0.613. The van der Waals surface area contributed by atoms with Crippen molar-refractivity contribution in [1.82, 2.24) is 15.1 Å². The van der Waals surface area contributed by atoms with Gasteiger partial charge >= 0.3 is 6.03 Å². The van der Waals surface area contributed by atoms with E-state index >= 15 is 0 Å². The Labute approximate surface area is 194 Å². The molecule has 0 radical (unpaired) electrons. The summed E-state index contributed by atoms with van der Waals surface area (Å²) < 4.78 is 10.8. The number of ether oxygens (including phenoxy) is 2. The van der Waals surface area contributed by atoms with E-state index in [1.807, 2.05) is 59.5 Å². The molecule has 1 aromatic heterocycles. The van der Waals surface area contributed by atoms with Gasteiger partial charge in [0.05, 0.1) is 19.9 Å². The van der Waals surface area contributed by atoms with Gasteiger partial charge in [0.15, 0.2) is 5.82 Å². The Morgan fingerprint density at radius 1 is 0.939 bits per heavy atom. The standard InChI is InChI=1S/C25H29N5O3/c1-4-18-5-7-19(8-6-18)26-25(31)30-15-13-29(14-16-30)24-12-10-22(27-28-24)21-17-20(32-2)9-11-23(21)33-3/h5-12,17H,4,13-16H2,1-3H3,(H,26,31). The van der Waals surface area contributed by atoms with Gasteiger partial charge in [0, 0.05) is 37.4 Å². The molecule has 2 aromatic carbocycles. The van der Waals surface area contributed by atoms with Crippen LogP contribution in [0.3, 0.4) is 0 Å². The van der Waals surface area contributed by atoms with Gasteiger partial charge in [0.2, 0.25) is 0 Å². The average Bonchev–Trinajstić information content (AvgIpc) is 2.89. The van der Waals surface area contributed by atoms with Crippen molar-refractivity contribution in [2.24, 2.45) is 0 Å². The molecule has 2 heterocycles. The number of benzene rings is 2. The minimum atomic E-state index is -0.0783. The molecular formula is C25H29N5O3. The van der Waals surface area contributed by atoms with Crippen LogP contribution in [0.2, 0.25) is 0 Å². The molecule has 1 aliphatic rings. The molecule has 1 saturated heterocycles. The van der Waals surface area contributed by atoms with Crippen LogP contribution in [-0.2, 0) is 6.42 Å². The van der Waals surface area contributed by atoms with Gasteiger partial charge in [-0.05, 0) is 54.4 Å². The number of urea groups is 1. The number of carbonyl (C=O) groups is 1. The Hall–Kier alpha value is -3.81. The normalized spacial score (nSPS) is 13.5. The van der Waals surface area contributed by atoms with E-state index in [0.29, 0.717) is 37.6 Å². The monoisotopic (exact) mass is 447 g/mol. The molecule has 8 nitrogen and oxygen atoms in total. The summed E-state index contributed by atoms with van der Waals surface area (Å²) >= 11 is 0. The predicted molar refractivity (Wildman–Crippen MR) is 129 cm³/mol. The smallest absolute Gasteiger partial charge is 0.321 e. The van der Waals surface area contributed by atoms with Crippen LogP contribution >= 0.6 is 0 Å². The van der Waals surface area contributed by atoms with Crippen LogP contribution < -0.4 is 19.7 Å². The first-order chi connectivity index (χ1) is 16.1. The summed E-state index contributed by atoms with van der Waals surface area (Å²) in [7, 11) is 3.26. The van der Waals surface area contributed by atoms with Gasteiger partial charge in [-0.3, -0.25) is 0 Å². The van der Waals surface area contributed by atoms with E-state index in [-0.39, 0.29) is 6.03 Å². The molecule has 8 heteroatoms. The van der Waals surface area contributed by atoms with Gasteiger partial charge < -0.3 is 24.6 Å². The van der Waals surface area contributed by atoms with Crippen LogP contribution in [-0.4, -0.2) is 61.5 Å². The number of piperazine rings is 1. The third-order valence-electron chi connectivity index (χ3n) is 5.84. The lowest BCUT2D eigenvalue weighted by Gasteiger charge is -2.35.